The average molecular weight is 197 g/mol. The topological polar surface area (TPSA) is 107 Å². The molecular weight excluding hydrogens is 186 g/mol. The monoisotopic (exact) mass is 197 g/mol. The van der Waals surface area contributed by atoms with Gasteiger partial charge in [-0.15, -0.1) is 0 Å². The number of hydrogen-bond acceptors (Lipinski definition) is 3. The molecule has 0 aromatic carbocycles. The number of nitrogens with zero attached hydrogens (tertiary/aromatic N) is 3. The van der Waals surface area contributed by atoms with Crippen molar-refractivity contribution in [1.29, 1.82) is 0 Å². The van der Waals surface area contributed by atoms with Crippen LogP contribution in [0.25, 0.3) is 10.4 Å². The van der Waals surface area contributed by atoms with Crippen LogP contribution in [0.15, 0.2) is 5.11 Å². The van der Waals surface area contributed by atoms with Gasteiger partial charge < -0.3 is 10.6 Å². The molecule has 1 rings (SSSR count). The molecule has 2 amide bonds. The molecule has 2 N–H and O–H groups in total. The largest absolute Gasteiger partial charge is 0.354 e. The van der Waals surface area contributed by atoms with Gasteiger partial charge in [-0.1, -0.05) is 5.11 Å². The van der Waals surface area contributed by atoms with Crippen molar-refractivity contribution in [1.82, 2.24) is 10.6 Å². The van der Waals surface area contributed by atoms with Crippen LogP contribution in [0, 0.1) is 0 Å². The molecule has 1 saturated heterocycles. The molecule has 0 spiro atoms. The zero-order valence-corrected chi connectivity index (χ0v) is 7.56. The van der Waals surface area contributed by atoms with E-state index in [-0.39, 0.29) is 18.4 Å². The molecule has 0 aromatic rings. The third kappa shape index (κ3) is 2.95. The number of hydrogen-bond donors (Lipinski definition) is 2. The van der Waals surface area contributed by atoms with E-state index in [0.717, 1.165) is 0 Å². The van der Waals surface area contributed by atoms with Gasteiger partial charge in [-0.25, -0.2) is 0 Å². The van der Waals surface area contributed by atoms with Crippen LogP contribution in [0.3, 0.4) is 0 Å². The fourth-order valence-electron chi connectivity index (χ4n) is 1.21. The Kier molecular flexibility index (Phi) is 3.75. The SMILES string of the molecule is [N-]=[N+]=NCCNC(=O)C1CCC(=O)N1. The van der Waals surface area contributed by atoms with Gasteiger partial charge in [0.15, 0.2) is 0 Å². The molecule has 0 saturated carbocycles. The summed E-state index contributed by atoms with van der Waals surface area (Å²) in [6.07, 6.45) is 0.931. The van der Waals surface area contributed by atoms with Crippen LogP contribution in [0.2, 0.25) is 0 Å². The minimum Gasteiger partial charge on any atom is -0.354 e. The fourth-order valence-corrected chi connectivity index (χ4v) is 1.21. The van der Waals surface area contributed by atoms with Crippen molar-refractivity contribution in [3.8, 4) is 0 Å². The number of amides is 2. The standard InChI is InChI=1S/C7H11N5O2/c8-12-10-4-3-9-7(14)5-1-2-6(13)11-5/h5H,1-4H2,(H,9,14)(H,11,13). The van der Waals surface area contributed by atoms with Gasteiger partial charge in [0.1, 0.15) is 6.04 Å². The highest BCUT2D eigenvalue weighted by atomic mass is 16.2. The molecule has 0 radical (unpaired) electrons. The third-order valence-electron chi connectivity index (χ3n) is 1.89. The number of carbonyl (C=O) groups excluding carboxylic acids is 2. The molecule has 0 aliphatic carbocycles. The summed E-state index contributed by atoms with van der Waals surface area (Å²) >= 11 is 0. The average Bonchev–Trinajstić information content (AvgIpc) is 2.59. The highest BCUT2D eigenvalue weighted by molar-refractivity contribution is 5.90. The van der Waals surface area contributed by atoms with E-state index in [0.29, 0.717) is 19.4 Å². The molecule has 7 nitrogen and oxygen atoms in total. The summed E-state index contributed by atoms with van der Waals surface area (Å²) in [6, 6.07) is -0.423. The summed E-state index contributed by atoms with van der Waals surface area (Å²) in [7, 11) is 0. The van der Waals surface area contributed by atoms with Crippen LogP contribution < -0.4 is 10.6 Å². The van der Waals surface area contributed by atoms with Crippen molar-refractivity contribution in [2.75, 3.05) is 13.1 Å². The van der Waals surface area contributed by atoms with Crippen molar-refractivity contribution in [2.45, 2.75) is 18.9 Å². The lowest BCUT2D eigenvalue weighted by molar-refractivity contribution is -0.125. The minimum atomic E-state index is -0.423. The van der Waals surface area contributed by atoms with Crippen LogP contribution in [0.4, 0.5) is 0 Å². The van der Waals surface area contributed by atoms with Gasteiger partial charge in [0, 0.05) is 24.4 Å². The predicted molar refractivity (Wildman–Crippen MR) is 48.2 cm³/mol. The number of azide groups is 1. The normalized spacial score (nSPS) is 19.7. The highest BCUT2D eigenvalue weighted by Crippen LogP contribution is 2.05. The Bertz CT molecular complexity index is 284. The second-order valence-corrected chi connectivity index (χ2v) is 2.90. The third-order valence-corrected chi connectivity index (χ3v) is 1.89. The molecule has 1 fully saturated rings. The lowest BCUT2D eigenvalue weighted by Gasteiger charge is -2.09. The van der Waals surface area contributed by atoms with E-state index in [2.05, 4.69) is 20.7 Å². The summed E-state index contributed by atoms with van der Waals surface area (Å²) in [6.45, 7) is 0.526. The highest BCUT2D eigenvalue weighted by Gasteiger charge is 2.26. The number of nitrogens with one attached hydrogen (secondary N) is 2. The molecule has 1 aliphatic rings. The van der Waals surface area contributed by atoms with E-state index in [1.165, 1.54) is 0 Å². The first kappa shape index (κ1) is 10.3. The number of carbonyl (C=O) groups is 2. The van der Waals surface area contributed by atoms with Gasteiger partial charge in [0.25, 0.3) is 0 Å². The van der Waals surface area contributed by atoms with Gasteiger partial charge in [0.2, 0.25) is 11.8 Å². The van der Waals surface area contributed by atoms with E-state index in [1.54, 1.807) is 0 Å². The zero-order valence-electron chi connectivity index (χ0n) is 7.56. The van der Waals surface area contributed by atoms with Gasteiger partial charge in [-0.3, -0.25) is 9.59 Å². The molecule has 1 atom stereocenters. The Balaban J connectivity index is 2.21. The maximum atomic E-state index is 11.3. The van der Waals surface area contributed by atoms with Crippen LogP contribution >= 0.6 is 0 Å². The Morgan fingerprint density at radius 3 is 3.14 bits per heavy atom. The smallest absolute Gasteiger partial charge is 0.242 e. The minimum absolute atomic E-state index is 0.0970. The first-order valence-electron chi connectivity index (χ1n) is 4.32. The Morgan fingerprint density at radius 2 is 2.57 bits per heavy atom. The molecule has 14 heavy (non-hydrogen) atoms. The molecule has 1 heterocycles. The summed E-state index contributed by atoms with van der Waals surface area (Å²) in [4.78, 5) is 24.6. The van der Waals surface area contributed by atoms with Gasteiger partial charge in [-0.05, 0) is 12.0 Å². The van der Waals surface area contributed by atoms with Crippen LogP contribution in [-0.4, -0.2) is 30.9 Å². The lowest BCUT2D eigenvalue weighted by atomic mass is 10.2. The maximum Gasteiger partial charge on any atom is 0.242 e. The van der Waals surface area contributed by atoms with Crippen molar-refractivity contribution in [3.63, 3.8) is 0 Å². The quantitative estimate of drug-likeness (QED) is 0.279. The van der Waals surface area contributed by atoms with E-state index in [9.17, 15) is 9.59 Å². The summed E-state index contributed by atoms with van der Waals surface area (Å²) < 4.78 is 0. The number of rotatable bonds is 4. The molecular formula is C7H11N5O2. The predicted octanol–water partition coefficient (Wildman–Crippen LogP) is -0.309. The van der Waals surface area contributed by atoms with E-state index in [4.69, 9.17) is 5.53 Å². The molecule has 1 aliphatic heterocycles. The molecule has 1 unspecified atom stereocenters. The van der Waals surface area contributed by atoms with Crippen molar-refractivity contribution >= 4 is 11.8 Å². The maximum absolute atomic E-state index is 11.3. The molecule has 7 heteroatoms. The molecule has 0 aromatic heterocycles. The van der Waals surface area contributed by atoms with Gasteiger partial charge in [-0.2, -0.15) is 0 Å². The van der Waals surface area contributed by atoms with Crippen molar-refractivity contribution < 1.29 is 9.59 Å². The second kappa shape index (κ2) is 5.08. The Hall–Kier alpha value is -1.75. The zero-order chi connectivity index (χ0) is 10.4. The first-order chi connectivity index (χ1) is 6.74. The van der Waals surface area contributed by atoms with E-state index in [1.807, 2.05) is 0 Å². The van der Waals surface area contributed by atoms with Crippen LogP contribution in [-0.2, 0) is 9.59 Å². The Morgan fingerprint density at radius 1 is 1.79 bits per heavy atom. The molecule has 0 bridgehead atoms. The van der Waals surface area contributed by atoms with Crippen LogP contribution in [0.1, 0.15) is 12.8 Å². The lowest BCUT2D eigenvalue weighted by Crippen LogP contribution is -2.42. The van der Waals surface area contributed by atoms with E-state index < -0.39 is 6.04 Å². The summed E-state index contributed by atoms with van der Waals surface area (Å²) in [5.41, 5.74) is 7.97. The van der Waals surface area contributed by atoms with Gasteiger partial charge >= 0.3 is 0 Å². The summed E-state index contributed by atoms with van der Waals surface area (Å²) in [5.74, 6) is -0.316. The van der Waals surface area contributed by atoms with Crippen molar-refractivity contribution in [2.24, 2.45) is 5.11 Å². The second-order valence-electron chi connectivity index (χ2n) is 2.90. The van der Waals surface area contributed by atoms with Crippen LogP contribution in [0.5, 0.6) is 0 Å². The first-order valence-corrected chi connectivity index (χ1v) is 4.32. The molecule has 76 valence electrons. The van der Waals surface area contributed by atoms with Crippen molar-refractivity contribution in [3.05, 3.63) is 10.4 Å². The van der Waals surface area contributed by atoms with Gasteiger partial charge in [0.05, 0.1) is 0 Å². The fraction of sp³-hybridized carbons (Fsp3) is 0.714. The Labute approximate surface area is 80.5 Å². The van der Waals surface area contributed by atoms with E-state index >= 15 is 0 Å². The summed E-state index contributed by atoms with van der Waals surface area (Å²) in [5, 5.41) is 8.37.